The number of rotatable bonds is 2. The lowest BCUT2D eigenvalue weighted by Crippen LogP contribution is -2.07. The Bertz CT molecular complexity index is 514. The van der Waals surface area contributed by atoms with E-state index in [0.29, 0.717) is 23.6 Å². The van der Waals surface area contributed by atoms with Crippen molar-refractivity contribution in [2.24, 2.45) is 0 Å². The number of hydrogen-bond acceptors (Lipinski definition) is 4. The second-order valence-electron chi connectivity index (χ2n) is 3.83. The molecule has 0 amide bonds. The van der Waals surface area contributed by atoms with Crippen molar-refractivity contribution in [2.75, 3.05) is 11.5 Å². The van der Waals surface area contributed by atoms with Gasteiger partial charge < -0.3 is 11.5 Å². The standard InChI is InChI=1S/C12H13FN4/c1-7-11(14)12(15)17-10(16-7)6-8-2-4-9(13)5-3-8/h2-5H,6,14H2,1H3,(H2,15,16,17). The summed E-state index contributed by atoms with van der Waals surface area (Å²) in [6.45, 7) is 1.78. The van der Waals surface area contributed by atoms with Crippen LogP contribution in [0, 0.1) is 12.7 Å². The van der Waals surface area contributed by atoms with Gasteiger partial charge in [-0.1, -0.05) is 12.1 Å². The zero-order valence-corrected chi connectivity index (χ0v) is 9.44. The van der Waals surface area contributed by atoms with Gasteiger partial charge in [-0.15, -0.1) is 0 Å². The molecule has 0 aliphatic carbocycles. The number of anilines is 2. The number of halogens is 1. The predicted molar refractivity (Wildman–Crippen MR) is 64.8 cm³/mol. The Balaban J connectivity index is 2.27. The lowest BCUT2D eigenvalue weighted by atomic mass is 10.1. The van der Waals surface area contributed by atoms with Crippen LogP contribution < -0.4 is 11.5 Å². The molecule has 0 unspecified atom stereocenters. The molecule has 2 aromatic rings. The first-order valence-corrected chi connectivity index (χ1v) is 5.19. The van der Waals surface area contributed by atoms with Crippen molar-refractivity contribution in [3.63, 3.8) is 0 Å². The maximum absolute atomic E-state index is 12.7. The molecule has 88 valence electrons. The largest absolute Gasteiger partial charge is 0.394 e. The molecule has 4 nitrogen and oxygen atoms in total. The van der Waals surface area contributed by atoms with E-state index >= 15 is 0 Å². The summed E-state index contributed by atoms with van der Waals surface area (Å²) in [7, 11) is 0. The lowest BCUT2D eigenvalue weighted by molar-refractivity contribution is 0.627. The summed E-state index contributed by atoms with van der Waals surface area (Å²) in [6.07, 6.45) is 0.506. The third kappa shape index (κ3) is 2.50. The van der Waals surface area contributed by atoms with E-state index in [1.807, 2.05) is 0 Å². The van der Waals surface area contributed by atoms with Crippen LogP contribution in [-0.4, -0.2) is 9.97 Å². The van der Waals surface area contributed by atoms with Crippen LogP contribution in [0.5, 0.6) is 0 Å². The van der Waals surface area contributed by atoms with E-state index in [2.05, 4.69) is 9.97 Å². The quantitative estimate of drug-likeness (QED) is 0.825. The van der Waals surface area contributed by atoms with Crippen LogP contribution in [0.3, 0.4) is 0 Å². The van der Waals surface area contributed by atoms with E-state index in [1.165, 1.54) is 12.1 Å². The van der Waals surface area contributed by atoms with Crippen LogP contribution in [0.25, 0.3) is 0 Å². The second kappa shape index (κ2) is 4.37. The molecule has 1 heterocycles. The third-order valence-corrected chi connectivity index (χ3v) is 2.49. The highest BCUT2D eigenvalue weighted by Crippen LogP contribution is 2.16. The van der Waals surface area contributed by atoms with Crippen molar-refractivity contribution in [1.82, 2.24) is 9.97 Å². The molecule has 0 aliphatic heterocycles. The molecule has 0 spiro atoms. The molecule has 0 fully saturated rings. The van der Waals surface area contributed by atoms with E-state index in [-0.39, 0.29) is 11.6 Å². The number of nitrogens with two attached hydrogens (primary N) is 2. The number of hydrogen-bond donors (Lipinski definition) is 2. The van der Waals surface area contributed by atoms with E-state index in [9.17, 15) is 4.39 Å². The number of nitrogen functional groups attached to an aromatic ring is 2. The van der Waals surface area contributed by atoms with Crippen molar-refractivity contribution in [3.05, 3.63) is 47.2 Å². The number of aromatic nitrogens is 2. The van der Waals surface area contributed by atoms with Crippen LogP contribution in [0.2, 0.25) is 0 Å². The molecule has 0 saturated heterocycles. The summed E-state index contributed by atoms with van der Waals surface area (Å²) in [5.74, 6) is 0.609. The smallest absolute Gasteiger partial charge is 0.150 e. The van der Waals surface area contributed by atoms with Gasteiger partial charge in [0.15, 0.2) is 5.82 Å². The Morgan fingerprint density at radius 2 is 1.76 bits per heavy atom. The first kappa shape index (κ1) is 11.3. The van der Waals surface area contributed by atoms with Crippen molar-refractivity contribution in [1.29, 1.82) is 0 Å². The van der Waals surface area contributed by atoms with Gasteiger partial charge in [-0.25, -0.2) is 14.4 Å². The van der Waals surface area contributed by atoms with Crippen molar-refractivity contribution in [3.8, 4) is 0 Å². The molecule has 0 saturated carbocycles. The Hall–Kier alpha value is -2.17. The van der Waals surface area contributed by atoms with Gasteiger partial charge in [-0.05, 0) is 24.6 Å². The normalized spacial score (nSPS) is 10.5. The zero-order valence-electron chi connectivity index (χ0n) is 9.44. The Morgan fingerprint density at radius 3 is 2.35 bits per heavy atom. The number of nitrogens with zero attached hydrogens (tertiary/aromatic N) is 2. The van der Waals surface area contributed by atoms with Crippen LogP contribution in [0.1, 0.15) is 17.1 Å². The maximum Gasteiger partial charge on any atom is 0.150 e. The Morgan fingerprint density at radius 1 is 1.12 bits per heavy atom. The molecule has 0 radical (unpaired) electrons. The van der Waals surface area contributed by atoms with Crippen molar-refractivity contribution >= 4 is 11.5 Å². The average Bonchev–Trinajstić information content (AvgIpc) is 2.29. The fourth-order valence-corrected chi connectivity index (χ4v) is 1.53. The molecule has 4 N–H and O–H groups in total. The summed E-state index contributed by atoms with van der Waals surface area (Å²) in [5, 5.41) is 0. The minimum absolute atomic E-state index is 0.261. The highest BCUT2D eigenvalue weighted by Gasteiger charge is 2.06. The molecule has 2 rings (SSSR count). The molecular weight excluding hydrogens is 219 g/mol. The SMILES string of the molecule is Cc1nc(Cc2ccc(F)cc2)nc(N)c1N. The van der Waals surface area contributed by atoms with Gasteiger partial charge in [0.2, 0.25) is 0 Å². The van der Waals surface area contributed by atoms with Gasteiger partial charge in [0.05, 0.1) is 11.4 Å². The van der Waals surface area contributed by atoms with Gasteiger partial charge in [-0.2, -0.15) is 0 Å². The number of benzene rings is 1. The van der Waals surface area contributed by atoms with Gasteiger partial charge in [0.25, 0.3) is 0 Å². The minimum atomic E-state index is -0.261. The minimum Gasteiger partial charge on any atom is -0.394 e. The average molecular weight is 232 g/mol. The topological polar surface area (TPSA) is 77.8 Å². The Kier molecular flexibility index (Phi) is 2.91. The summed E-state index contributed by atoms with van der Waals surface area (Å²) in [6, 6.07) is 6.20. The van der Waals surface area contributed by atoms with E-state index in [1.54, 1.807) is 19.1 Å². The van der Waals surface area contributed by atoms with Gasteiger partial charge in [-0.3, -0.25) is 0 Å². The maximum atomic E-state index is 12.7. The van der Waals surface area contributed by atoms with E-state index < -0.39 is 0 Å². The van der Waals surface area contributed by atoms with Crippen LogP contribution in [0.4, 0.5) is 15.9 Å². The van der Waals surface area contributed by atoms with E-state index in [4.69, 9.17) is 11.5 Å². The van der Waals surface area contributed by atoms with Gasteiger partial charge >= 0.3 is 0 Å². The van der Waals surface area contributed by atoms with Crippen LogP contribution >= 0.6 is 0 Å². The molecule has 0 atom stereocenters. The monoisotopic (exact) mass is 232 g/mol. The van der Waals surface area contributed by atoms with Crippen LogP contribution in [0.15, 0.2) is 24.3 Å². The van der Waals surface area contributed by atoms with Gasteiger partial charge in [0.1, 0.15) is 11.6 Å². The molecule has 5 heteroatoms. The highest BCUT2D eigenvalue weighted by molar-refractivity contribution is 5.60. The summed E-state index contributed by atoms with van der Waals surface area (Å²) >= 11 is 0. The zero-order chi connectivity index (χ0) is 12.4. The highest BCUT2D eigenvalue weighted by atomic mass is 19.1. The first-order valence-electron chi connectivity index (χ1n) is 5.19. The molecule has 0 bridgehead atoms. The molecule has 17 heavy (non-hydrogen) atoms. The van der Waals surface area contributed by atoms with E-state index in [0.717, 1.165) is 5.56 Å². The fraction of sp³-hybridized carbons (Fsp3) is 0.167. The van der Waals surface area contributed by atoms with Crippen LogP contribution in [-0.2, 0) is 6.42 Å². The molecule has 0 aliphatic rings. The summed E-state index contributed by atoms with van der Waals surface area (Å²) < 4.78 is 12.7. The fourth-order valence-electron chi connectivity index (χ4n) is 1.53. The second-order valence-corrected chi connectivity index (χ2v) is 3.83. The number of aryl methyl sites for hydroxylation is 1. The Labute approximate surface area is 98.5 Å². The summed E-state index contributed by atoms with van der Waals surface area (Å²) in [5.41, 5.74) is 13.3. The predicted octanol–water partition coefficient (Wildman–Crippen LogP) is 1.68. The lowest BCUT2D eigenvalue weighted by Gasteiger charge is -2.06. The third-order valence-electron chi connectivity index (χ3n) is 2.49. The van der Waals surface area contributed by atoms with Crippen molar-refractivity contribution < 1.29 is 4.39 Å². The molecule has 1 aromatic carbocycles. The first-order chi connectivity index (χ1) is 8.06. The summed E-state index contributed by atoms with van der Waals surface area (Å²) in [4.78, 5) is 8.34. The molecular formula is C12H13FN4. The molecule has 1 aromatic heterocycles. The van der Waals surface area contributed by atoms with Gasteiger partial charge in [0, 0.05) is 6.42 Å². The van der Waals surface area contributed by atoms with Crippen molar-refractivity contribution in [2.45, 2.75) is 13.3 Å².